The largest absolute Gasteiger partial charge is 0.496 e. The van der Waals surface area contributed by atoms with E-state index in [0.717, 1.165) is 21.0 Å². The summed E-state index contributed by atoms with van der Waals surface area (Å²) in [6, 6.07) is 15.9. The van der Waals surface area contributed by atoms with Gasteiger partial charge in [0.25, 0.3) is 5.91 Å². The maximum atomic E-state index is 13.7. The monoisotopic (exact) mass is 424 g/mol. The summed E-state index contributed by atoms with van der Waals surface area (Å²) in [5, 5.41) is 1.91. The number of hydrogen-bond acceptors (Lipinski definition) is 4. The Hall–Kier alpha value is -3.03. The fourth-order valence-electron chi connectivity index (χ4n) is 3.35. The standard InChI is InChI=1S/C23H21FN2O3S/c1-3-29-11-10-26-19-9-8-17(24)14-21(19)30-23(26)25-22(27)18-12-15-6-4-5-7-16(15)13-20(18)28-2/h4-9,12-14H,3,10-11H2,1-2H3. The predicted octanol–water partition coefficient (Wildman–Crippen LogP) is 4.78. The molecule has 0 atom stereocenters. The highest BCUT2D eigenvalue weighted by Crippen LogP contribution is 2.27. The average Bonchev–Trinajstić information content (AvgIpc) is 3.08. The molecule has 1 aromatic heterocycles. The van der Waals surface area contributed by atoms with E-state index >= 15 is 0 Å². The van der Waals surface area contributed by atoms with Crippen molar-refractivity contribution in [3.05, 3.63) is 70.8 Å². The second kappa shape index (κ2) is 8.77. The minimum absolute atomic E-state index is 0.324. The predicted molar refractivity (Wildman–Crippen MR) is 117 cm³/mol. The first-order chi connectivity index (χ1) is 14.6. The van der Waals surface area contributed by atoms with Crippen molar-refractivity contribution in [2.75, 3.05) is 20.3 Å². The first-order valence-corrected chi connectivity index (χ1v) is 10.4. The number of carbonyl (C=O) groups is 1. The first kappa shape index (κ1) is 20.3. The summed E-state index contributed by atoms with van der Waals surface area (Å²) in [7, 11) is 1.53. The van der Waals surface area contributed by atoms with E-state index < -0.39 is 5.91 Å². The summed E-state index contributed by atoms with van der Waals surface area (Å²) in [5.41, 5.74) is 1.20. The molecule has 4 aromatic rings. The van der Waals surface area contributed by atoms with Crippen molar-refractivity contribution < 1.29 is 18.7 Å². The molecule has 3 aromatic carbocycles. The Bertz CT molecular complexity index is 1290. The number of ether oxygens (including phenoxy) is 2. The quantitative estimate of drug-likeness (QED) is 0.419. The molecule has 30 heavy (non-hydrogen) atoms. The Morgan fingerprint density at radius 1 is 1.13 bits per heavy atom. The van der Waals surface area contributed by atoms with Crippen LogP contribution in [0.2, 0.25) is 0 Å². The molecule has 0 aliphatic heterocycles. The zero-order valence-corrected chi connectivity index (χ0v) is 17.5. The fourth-order valence-corrected chi connectivity index (χ4v) is 4.43. The molecule has 0 aliphatic rings. The van der Waals surface area contributed by atoms with Gasteiger partial charge >= 0.3 is 0 Å². The summed E-state index contributed by atoms with van der Waals surface area (Å²) in [5.74, 6) is -0.264. The normalized spacial score (nSPS) is 12.0. The minimum atomic E-state index is -0.408. The molecule has 1 amide bonds. The third-order valence-corrected chi connectivity index (χ3v) is 5.84. The first-order valence-electron chi connectivity index (χ1n) is 9.63. The number of methoxy groups -OCH3 is 1. The van der Waals surface area contributed by atoms with Crippen LogP contribution in [0.1, 0.15) is 17.3 Å². The van der Waals surface area contributed by atoms with Gasteiger partial charge in [-0.25, -0.2) is 4.39 Å². The molecule has 0 saturated heterocycles. The smallest absolute Gasteiger partial charge is 0.283 e. The molecule has 0 N–H and O–H groups in total. The van der Waals surface area contributed by atoms with E-state index in [1.807, 2.05) is 41.8 Å². The van der Waals surface area contributed by atoms with Gasteiger partial charge in [0.05, 0.1) is 29.5 Å². The molecular weight excluding hydrogens is 403 g/mol. The van der Waals surface area contributed by atoms with E-state index in [4.69, 9.17) is 9.47 Å². The number of thiazole rings is 1. The lowest BCUT2D eigenvalue weighted by molar-refractivity contribution is 0.0994. The Balaban J connectivity index is 1.83. The van der Waals surface area contributed by atoms with Crippen LogP contribution in [0.4, 0.5) is 4.39 Å². The number of benzene rings is 3. The topological polar surface area (TPSA) is 52.8 Å². The third-order valence-electron chi connectivity index (χ3n) is 4.80. The van der Waals surface area contributed by atoms with Crippen molar-refractivity contribution in [1.82, 2.24) is 4.57 Å². The zero-order valence-electron chi connectivity index (χ0n) is 16.7. The van der Waals surface area contributed by atoms with Gasteiger partial charge in [0.1, 0.15) is 11.6 Å². The van der Waals surface area contributed by atoms with Crippen molar-refractivity contribution in [2.45, 2.75) is 13.5 Å². The van der Waals surface area contributed by atoms with Gasteiger partial charge in [-0.1, -0.05) is 35.6 Å². The molecule has 7 heteroatoms. The van der Waals surface area contributed by atoms with E-state index in [9.17, 15) is 9.18 Å². The number of amides is 1. The van der Waals surface area contributed by atoms with Crippen LogP contribution in [0.15, 0.2) is 59.6 Å². The average molecular weight is 424 g/mol. The summed E-state index contributed by atoms with van der Waals surface area (Å²) < 4.78 is 27.2. The van der Waals surface area contributed by atoms with Crippen LogP contribution in [0.3, 0.4) is 0 Å². The van der Waals surface area contributed by atoms with Crippen molar-refractivity contribution in [1.29, 1.82) is 0 Å². The number of halogens is 1. The maximum absolute atomic E-state index is 13.7. The van der Waals surface area contributed by atoms with Gasteiger partial charge < -0.3 is 14.0 Å². The summed E-state index contributed by atoms with van der Waals surface area (Å²) in [4.78, 5) is 18.0. The number of aromatic nitrogens is 1. The molecule has 1 heterocycles. The Morgan fingerprint density at radius 3 is 2.63 bits per heavy atom. The van der Waals surface area contributed by atoms with Crippen molar-refractivity contribution in [2.24, 2.45) is 4.99 Å². The lowest BCUT2D eigenvalue weighted by Gasteiger charge is -2.08. The van der Waals surface area contributed by atoms with E-state index in [2.05, 4.69) is 4.99 Å². The molecule has 0 saturated carbocycles. The highest BCUT2D eigenvalue weighted by molar-refractivity contribution is 7.16. The van der Waals surface area contributed by atoms with Crippen LogP contribution in [0, 0.1) is 5.82 Å². The van der Waals surface area contributed by atoms with Crippen molar-refractivity contribution >= 4 is 38.2 Å². The molecule has 0 aliphatic carbocycles. The van der Waals surface area contributed by atoms with Gasteiger partial charge in [0.2, 0.25) is 0 Å². The van der Waals surface area contributed by atoms with E-state index in [0.29, 0.717) is 35.9 Å². The van der Waals surface area contributed by atoms with Crippen molar-refractivity contribution in [3.63, 3.8) is 0 Å². The third kappa shape index (κ3) is 3.99. The maximum Gasteiger partial charge on any atom is 0.283 e. The highest BCUT2D eigenvalue weighted by Gasteiger charge is 2.15. The van der Waals surface area contributed by atoms with Gasteiger partial charge in [0.15, 0.2) is 4.80 Å². The van der Waals surface area contributed by atoms with E-state index in [1.165, 1.54) is 30.6 Å². The molecular formula is C23H21FN2O3S. The van der Waals surface area contributed by atoms with Crippen LogP contribution in [0.25, 0.3) is 21.0 Å². The van der Waals surface area contributed by atoms with Gasteiger partial charge in [-0.3, -0.25) is 4.79 Å². The van der Waals surface area contributed by atoms with E-state index in [1.54, 1.807) is 12.1 Å². The van der Waals surface area contributed by atoms with Gasteiger partial charge in [0, 0.05) is 13.2 Å². The minimum Gasteiger partial charge on any atom is -0.496 e. The lowest BCUT2D eigenvalue weighted by atomic mass is 10.1. The fraction of sp³-hybridized carbons (Fsp3) is 0.217. The molecule has 0 bridgehead atoms. The van der Waals surface area contributed by atoms with Crippen LogP contribution >= 0.6 is 11.3 Å². The second-order valence-corrected chi connectivity index (χ2v) is 7.67. The van der Waals surface area contributed by atoms with Crippen LogP contribution in [-0.2, 0) is 11.3 Å². The number of carbonyl (C=O) groups excluding carboxylic acids is 1. The summed E-state index contributed by atoms with van der Waals surface area (Å²) in [6.07, 6.45) is 0. The highest BCUT2D eigenvalue weighted by atomic mass is 32.1. The van der Waals surface area contributed by atoms with Gasteiger partial charge in [-0.05, 0) is 48.0 Å². The number of rotatable bonds is 6. The summed E-state index contributed by atoms with van der Waals surface area (Å²) >= 11 is 1.28. The van der Waals surface area contributed by atoms with Gasteiger partial charge in [-0.15, -0.1) is 0 Å². The Morgan fingerprint density at radius 2 is 1.90 bits per heavy atom. The molecule has 0 spiro atoms. The Kier molecular flexibility index (Phi) is 5.92. The van der Waals surface area contributed by atoms with Crippen LogP contribution in [0.5, 0.6) is 5.75 Å². The molecule has 0 radical (unpaired) electrons. The zero-order chi connectivity index (χ0) is 21.1. The number of nitrogens with zero attached hydrogens (tertiary/aromatic N) is 2. The van der Waals surface area contributed by atoms with Gasteiger partial charge in [-0.2, -0.15) is 4.99 Å². The Labute approximate surface area is 177 Å². The molecule has 0 unspecified atom stereocenters. The molecule has 0 fully saturated rings. The van der Waals surface area contributed by atoms with Crippen molar-refractivity contribution in [3.8, 4) is 5.75 Å². The summed E-state index contributed by atoms with van der Waals surface area (Å²) in [6.45, 7) is 3.50. The number of hydrogen-bond donors (Lipinski definition) is 0. The molecule has 4 rings (SSSR count). The molecule has 154 valence electrons. The second-order valence-electron chi connectivity index (χ2n) is 6.66. The lowest BCUT2D eigenvalue weighted by Crippen LogP contribution is -2.20. The number of fused-ring (bicyclic) bond motifs is 2. The molecule has 5 nitrogen and oxygen atoms in total. The van der Waals surface area contributed by atoms with Crippen LogP contribution < -0.4 is 9.54 Å². The van der Waals surface area contributed by atoms with E-state index in [-0.39, 0.29) is 5.82 Å². The SMILES string of the molecule is CCOCCn1c(=NC(=O)c2cc3ccccc3cc2OC)sc2cc(F)ccc21. The van der Waals surface area contributed by atoms with Crippen LogP contribution in [-0.4, -0.2) is 30.8 Å².